The Balaban J connectivity index is 1.69. The zero-order valence-corrected chi connectivity index (χ0v) is 15.8. The van der Waals surface area contributed by atoms with Gasteiger partial charge in [-0.25, -0.2) is 0 Å². The number of hydrogen-bond acceptors (Lipinski definition) is 2. The summed E-state index contributed by atoms with van der Waals surface area (Å²) in [7, 11) is 0. The fourth-order valence-electron chi connectivity index (χ4n) is 2.73. The van der Waals surface area contributed by atoms with Gasteiger partial charge in [0, 0.05) is 31.6 Å². The molecular weight excluding hydrogens is 348 g/mol. The van der Waals surface area contributed by atoms with Crippen LogP contribution in [-0.4, -0.2) is 36.3 Å². The molecule has 0 aromatic heterocycles. The van der Waals surface area contributed by atoms with Crippen LogP contribution in [0.15, 0.2) is 54.6 Å². The van der Waals surface area contributed by atoms with E-state index in [4.69, 9.17) is 11.6 Å². The van der Waals surface area contributed by atoms with Gasteiger partial charge in [-0.3, -0.25) is 9.59 Å². The average Bonchev–Trinajstić information content (AvgIpc) is 2.63. The van der Waals surface area contributed by atoms with Crippen molar-refractivity contribution < 1.29 is 9.59 Å². The fraction of sp³-hybridized carbons (Fsp3) is 0.333. The molecule has 0 bridgehead atoms. The molecule has 0 fully saturated rings. The van der Waals surface area contributed by atoms with Crippen molar-refractivity contribution in [2.75, 3.05) is 19.6 Å². The molecule has 0 saturated heterocycles. The van der Waals surface area contributed by atoms with Crippen LogP contribution >= 0.6 is 11.6 Å². The van der Waals surface area contributed by atoms with Gasteiger partial charge in [0.25, 0.3) is 0 Å². The third-order valence-corrected chi connectivity index (χ3v) is 4.42. The Morgan fingerprint density at radius 2 is 1.65 bits per heavy atom. The first kappa shape index (κ1) is 20.0. The van der Waals surface area contributed by atoms with Gasteiger partial charge in [-0.15, -0.1) is 0 Å². The van der Waals surface area contributed by atoms with Crippen LogP contribution in [0, 0.1) is 0 Å². The molecule has 0 saturated carbocycles. The Hall–Kier alpha value is -2.33. The predicted octanol–water partition coefficient (Wildman–Crippen LogP) is 3.48. The topological polar surface area (TPSA) is 49.4 Å². The molecule has 26 heavy (non-hydrogen) atoms. The number of hydrogen-bond donors (Lipinski definition) is 1. The molecule has 4 nitrogen and oxygen atoms in total. The standard InChI is InChI=1S/C21H25ClN2O2/c1-17(25)24(14-5-8-18-6-3-2-4-7-18)15-13-23-21(26)16-19-9-11-20(22)12-10-19/h2-4,6-7,9-12H,5,8,13-16H2,1H3,(H,23,26). The third-order valence-electron chi connectivity index (χ3n) is 4.16. The van der Waals surface area contributed by atoms with Gasteiger partial charge in [-0.2, -0.15) is 0 Å². The van der Waals surface area contributed by atoms with Gasteiger partial charge in [-0.1, -0.05) is 54.1 Å². The maximum atomic E-state index is 12.0. The quantitative estimate of drug-likeness (QED) is 0.732. The van der Waals surface area contributed by atoms with Crippen molar-refractivity contribution in [1.29, 1.82) is 0 Å². The highest BCUT2D eigenvalue weighted by atomic mass is 35.5. The number of nitrogens with one attached hydrogen (secondary N) is 1. The minimum absolute atomic E-state index is 0.0324. The lowest BCUT2D eigenvalue weighted by molar-refractivity contribution is -0.129. The van der Waals surface area contributed by atoms with E-state index in [1.165, 1.54) is 5.56 Å². The van der Waals surface area contributed by atoms with Crippen molar-refractivity contribution in [2.24, 2.45) is 0 Å². The van der Waals surface area contributed by atoms with Gasteiger partial charge in [0.15, 0.2) is 0 Å². The number of halogens is 1. The van der Waals surface area contributed by atoms with Gasteiger partial charge in [0.05, 0.1) is 6.42 Å². The average molecular weight is 373 g/mol. The molecule has 0 aliphatic rings. The van der Waals surface area contributed by atoms with Gasteiger partial charge in [0.2, 0.25) is 11.8 Å². The summed E-state index contributed by atoms with van der Waals surface area (Å²) in [6, 6.07) is 17.5. The molecule has 5 heteroatoms. The van der Waals surface area contributed by atoms with Gasteiger partial charge >= 0.3 is 0 Å². The van der Waals surface area contributed by atoms with E-state index in [1.54, 1.807) is 24.0 Å². The first-order valence-electron chi connectivity index (χ1n) is 8.85. The van der Waals surface area contributed by atoms with Crippen LogP contribution in [0.2, 0.25) is 5.02 Å². The van der Waals surface area contributed by atoms with Gasteiger partial charge < -0.3 is 10.2 Å². The maximum absolute atomic E-state index is 12.0. The minimum Gasteiger partial charge on any atom is -0.354 e. The van der Waals surface area contributed by atoms with Crippen LogP contribution in [0.25, 0.3) is 0 Å². The summed E-state index contributed by atoms with van der Waals surface area (Å²) in [6.07, 6.45) is 2.15. The van der Waals surface area contributed by atoms with Crippen LogP contribution in [0.4, 0.5) is 0 Å². The van der Waals surface area contributed by atoms with Crippen molar-refractivity contribution in [3.8, 4) is 0 Å². The van der Waals surface area contributed by atoms with Crippen molar-refractivity contribution in [1.82, 2.24) is 10.2 Å². The van der Waals surface area contributed by atoms with E-state index in [-0.39, 0.29) is 11.8 Å². The Morgan fingerprint density at radius 1 is 0.962 bits per heavy atom. The number of nitrogens with zero attached hydrogens (tertiary/aromatic N) is 1. The minimum atomic E-state index is -0.0555. The molecule has 2 aromatic carbocycles. The first-order chi connectivity index (χ1) is 12.5. The summed E-state index contributed by atoms with van der Waals surface area (Å²) in [5.41, 5.74) is 2.19. The Morgan fingerprint density at radius 3 is 2.31 bits per heavy atom. The van der Waals surface area contributed by atoms with Crippen molar-refractivity contribution in [3.05, 3.63) is 70.7 Å². The van der Waals surface area contributed by atoms with E-state index < -0.39 is 0 Å². The summed E-state index contributed by atoms with van der Waals surface area (Å²) in [4.78, 5) is 25.6. The second-order valence-corrected chi connectivity index (χ2v) is 6.68. The van der Waals surface area contributed by atoms with Crippen LogP contribution < -0.4 is 5.32 Å². The lowest BCUT2D eigenvalue weighted by Crippen LogP contribution is -2.38. The lowest BCUT2D eigenvalue weighted by atomic mass is 10.1. The monoisotopic (exact) mass is 372 g/mol. The van der Waals surface area contributed by atoms with Crippen LogP contribution in [0.1, 0.15) is 24.5 Å². The zero-order valence-electron chi connectivity index (χ0n) is 15.1. The highest BCUT2D eigenvalue weighted by Crippen LogP contribution is 2.09. The summed E-state index contributed by atoms with van der Waals surface area (Å²) in [6.45, 7) is 3.24. The van der Waals surface area contributed by atoms with Gasteiger partial charge in [-0.05, 0) is 36.1 Å². The fourth-order valence-corrected chi connectivity index (χ4v) is 2.85. The Bertz CT molecular complexity index is 702. The van der Waals surface area contributed by atoms with Crippen molar-refractivity contribution in [3.63, 3.8) is 0 Å². The van der Waals surface area contributed by atoms with E-state index in [1.807, 2.05) is 30.3 Å². The Labute approximate surface area is 160 Å². The van der Waals surface area contributed by atoms with Crippen molar-refractivity contribution in [2.45, 2.75) is 26.2 Å². The number of aryl methyl sites for hydroxylation is 1. The molecule has 0 atom stereocenters. The van der Waals surface area contributed by atoms with E-state index in [2.05, 4.69) is 17.4 Å². The molecule has 0 spiro atoms. The highest BCUT2D eigenvalue weighted by molar-refractivity contribution is 6.30. The number of benzene rings is 2. The lowest BCUT2D eigenvalue weighted by Gasteiger charge is -2.21. The van der Waals surface area contributed by atoms with Crippen molar-refractivity contribution >= 4 is 23.4 Å². The first-order valence-corrected chi connectivity index (χ1v) is 9.23. The van der Waals surface area contributed by atoms with E-state index in [0.717, 1.165) is 18.4 Å². The second kappa shape index (κ2) is 10.6. The predicted molar refractivity (Wildman–Crippen MR) is 105 cm³/mol. The zero-order chi connectivity index (χ0) is 18.8. The van der Waals surface area contributed by atoms with Crippen LogP contribution in [0.3, 0.4) is 0 Å². The largest absolute Gasteiger partial charge is 0.354 e. The molecule has 0 heterocycles. The van der Waals surface area contributed by atoms with Crippen LogP contribution in [-0.2, 0) is 22.4 Å². The highest BCUT2D eigenvalue weighted by Gasteiger charge is 2.09. The maximum Gasteiger partial charge on any atom is 0.224 e. The normalized spacial score (nSPS) is 10.4. The van der Waals surface area contributed by atoms with E-state index in [9.17, 15) is 9.59 Å². The molecule has 1 N–H and O–H groups in total. The third kappa shape index (κ3) is 7.28. The van der Waals surface area contributed by atoms with E-state index >= 15 is 0 Å². The summed E-state index contributed by atoms with van der Waals surface area (Å²) in [5.74, 6) is -0.0230. The summed E-state index contributed by atoms with van der Waals surface area (Å²) < 4.78 is 0. The van der Waals surface area contributed by atoms with Crippen LogP contribution in [0.5, 0.6) is 0 Å². The molecule has 0 aliphatic heterocycles. The molecule has 0 unspecified atom stereocenters. The number of rotatable bonds is 9. The summed E-state index contributed by atoms with van der Waals surface area (Å²) in [5, 5.41) is 3.53. The van der Waals surface area contributed by atoms with E-state index in [0.29, 0.717) is 31.1 Å². The number of amides is 2. The van der Waals surface area contributed by atoms with Gasteiger partial charge in [0.1, 0.15) is 0 Å². The smallest absolute Gasteiger partial charge is 0.224 e. The Kier molecular flexibility index (Phi) is 8.16. The molecule has 2 rings (SSSR count). The second-order valence-electron chi connectivity index (χ2n) is 6.25. The molecule has 0 aliphatic carbocycles. The summed E-state index contributed by atoms with van der Waals surface area (Å²) >= 11 is 5.84. The molecule has 2 aromatic rings. The molecule has 138 valence electrons. The SMILES string of the molecule is CC(=O)N(CCCc1ccccc1)CCNC(=O)Cc1ccc(Cl)cc1. The molecule has 0 radical (unpaired) electrons. The number of carbonyl (C=O) groups excluding carboxylic acids is 2. The molecule has 2 amide bonds. The number of carbonyl (C=O) groups is 2. The molecular formula is C21H25ClN2O2.